The van der Waals surface area contributed by atoms with Gasteiger partial charge in [-0.2, -0.15) is 0 Å². The van der Waals surface area contributed by atoms with Gasteiger partial charge >= 0.3 is 0 Å². The molecule has 0 aromatic carbocycles. The van der Waals surface area contributed by atoms with E-state index in [1.807, 2.05) is 6.08 Å². The molecule has 0 fully saturated rings. The number of hydrogen-bond acceptors (Lipinski definition) is 1. The third-order valence-electron chi connectivity index (χ3n) is 4.44. The molecule has 1 nitrogen and oxygen atoms in total. The van der Waals surface area contributed by atoms with Crippen LogP contribution in [0, 0.1) is 0 Å². The van der Waals surface area contributed by atoms with E-state index in [2.05, 4.69) is 13.5 Å². The Balaban J connectivity index is 0. The van der Waals surface area contributed by atoms with E-state index in [0.717, 1.165) is 6.42 Å². The van der Waals surface area contributed by atoms with E-state index in [1.165, 1.54) is 96.3 Å². The Hall–Kier alpha value is -0.0100. The second-order valence-electron chi connectivity index (χ2n) is 6.64. The average molecular weight is 332 g/mol. The van der Waals surface area contributed by atoms with E-state index in [4.69, 9.17) is 5.73 Å². The number of rotatable bonds is 17. The van der Waals surface area contributed by atoms with E-state index in [1.54, 1.807) is 0 Å². The van der Waals surface area contributed by atoms with Crippen molar-refractivity contribution in [1.29, 1.82) is 0 Å². The van der Waals surface area contributed by atoms with Gasteiger partial charge in [-0.15, -0.1) is 19.0 Å². The zero-order chi connectivity index (χ0) is 15.6. The zero-order valence-electron chi connectivity index (χ0n) is 15.2. The lowest BCUT2D eigenvalue weighted by molar-refractivity contribution is 0.526. The van der Waals surface area contributed by atoms with Crippen LogP contribution in [0.25, 0.3) is 0 Å². The van der Waals surface area contributed by atoms with Crippen molar-refractivity contribution in [2.45, 2.75) is 116 Å². The largest absolute Gasteiger partial charge is 0.324 e. The Morgan fingerprint density at radius 1 is 0.682 bits per heavy atom. The SMILES string of the molecule is C=CC(N)CCCCCCCCCCCCCCCCC.Cl. The Morgan fingerprint density at radius 2 is 1.00 bits per heavy atom. The van der Waals surface area contributed by atoms with Crippen molar-refractivity contribution in [3.05, 3.63) is 12.7 Å². The molecule has 0 saturated carbocycles. The molecular formula is C20H42ClN. The predicted molar refractivity (Wildman–Crippen MR) is 105 cm³/mol. The summed E-state index contributed by atoms with van der Waals surface area (Å²) >= 11 is 0. The van der Waals surface area contributed by atoms with Crippen LogP contribution >= 0.6 is 12.4 Å². The fraction of sp³-hybridized carbons (Fsp3) is 0.900. The van der Waals surface area contributed by atoms with E-state index in [-0.39, 0.29) is 18.4 Å². The first kappa shape index (κ1) is 24.2. The molecule has 0 saturated heterocycles. The molecular weight excluding hydrogens is 290 g/mol. The molecule has 134 valence electrons. The molecule has 1 atom stereocenters. The molecule has 0 bridgehead atoms. The van der Waals surface area contributed by atoms with Crippen molar-refractivity contribution < 1.29 is 0 Å². The summed E-state index contributed by atoms with van der Waals surface area (Å²) in [5.74, 6) is 0. The van der Waals surface area contributed by atoms with Crippen LogP contribution in [0.5, 0.6) is 0 Å². The third kappa shape index (κ3) is 20.0. The van der Waals surface area contributed by atoms with Crippen molar-refractivity contribution in [2.24, 2.45) is 5.73 Å². The minimum absolute atomic E-state index is 0. The van der Waals surface area contributed by atoms with Crippen molar-refractivity contribution in [2.75, 3.05) is 0 Å². The van der Waals surface area contributed by atoms with Crippen LogP contribution in [0.4, 0.5) is 0 Å². The summed E-state index contributed by atoms with van der Waals surface area (Å²) in [5, 5.41) is 0. The molecule has 0 aliphatic rings. The molecule has 0 aromatic rings. The van der Waals surface area contributed by atoms with Crippen molar-refractivity contribution >= 4 is 12.4 Å². The first-order valence-electron chi connectivity index (χ1n) is 9.69. The molecule has 0 radical (unpaired) electrons. The summed E-state index contributed by atoms with van der Waals surface area (Å²) in [7, 11) is 0. The second-order valence-corrected chi connectivity index (χ2v) is 6.64. The van der Waals surface area contributed by atoms with Gasteiger partial charge in [-0.1, -0.05) is 109 Å². The van der Waals surface area contributed by atoms with Gasteiger partial charge in [0.1, 0.15) is 0 Å². The lowest BCUT2D eigenvalue weighted by atomic mass is 10.0. The van der Waals surface area contributed by atoms with Crippen LogP contribution in [-0.4, -0.2) is 6.04 Å². The van der Waals surface area contributed by atoms with Crippen LogP contribution in [-0.2, 0) is 0 Å². The quantitative estimate of drug-likeness (QED) is 0.221. The molecule has 1 unspecified atom stereocenters. The van der Waals surface area contributed by atoms with Crippen LogP contribution in [0.3, 0.4) is 0 Å². The summed E-state index contributed by atoms with van der Waals surface area (Å²) in [6.45, 7) is 6.01. The maximum absolute atomic E-state index is 5.81. The highest BCUT2D eigenvalue weighted by Gasteiger charge is 1.97. The molecule has 0 aliphatic carbocycles. The van der Waals surface area contributed by atoms with Crippen molar-refractivity contribution in [3.8, 4) is 0 Å². The smallest absolute Gasteiger partial charge is 0.0221 e. The summed E-state index contributed by atoms with van der Waals surface area (Å²) in [6.07, 6.45) is 24.3. The van der Waals surface area contributed by atoms with Crippen LogP contribution in [0.1, 0.15) is 110 Å². The monoisotopic (exact) mass is 331 g/mol. The number of nitrogens with two attached hydrogens (primary N) is 1. The summed E-state index contributed by atoms with van der Waals surface area (Å²) in [4.78, 5) is 0. The molecule has 0 rings (SSSR count). The molecule has 2 N–H and O–H groups in total. The van der Waals surface area contributed by atoms with Gasteiger partial charge in [0.15, 0.2) is 0 Å². The first-order valence-corrected chi connectivity index (χ1v) is 9.69. The zero-order valence-corrected chi connectivity index (χ0v) is 16.0. The van der Waals surface area contributed by atoms with Gasteiger partial charge in [0.25, 0.3) is 0 Å². The molecule has 0 amide bonds. The van der Waals surface area contributed by atoms with Crippen LogP contribution in [0.15, 0.2) is 12.7 Å². The van der Waals surface area contributed by atoms with Gasteiger partial charge in [-0.3, -0.25) is 0 Å². The standard InChI is InChI=1S/C20H41N.ClH/c1-3-5-6-7-8-9-10-11-12-13-14-15-16-17-18-19-20(21)4-2;/h4,20H,2-3,5-19,21H2,1H3;1H. The van der Waals surface area contributed by atoms with E-state index in [0.29, 0.717) is 0 Å². The Labute approximate surface area is 146 Å². The maximum atomic E-state index is 5.81. The highest BCUT2D eigenvalue weighted by atomic mass is 35.5. The highest BCUT2D eigenvalue weighted by Crippen LogP contribution is 2.13. The topological polar surface area (TPSA) is 26.0 Å². The lowest BCUT2D eigenvalue weighted by Crippen LogP contribution is -2.15. The van der Waals surface area contributed by atoms with Crippen molar-refractivity contribution in [1.82, 2.24) is 0 Å². The van der Waals surface area contributed by atoms with Gasteiger partial charge < -0.3 is 5.73 Å². The van der Waals surface area contributed by atoms with Gasteiger partial charge in [0.2, 0.25) is 0 Å². The second kappa shape index (κ2) is 21.0. The normalized spacial score (nSPS) is 11.9. The Bertz CT molecular complexity index is 206. The van der Waals surface area contributed by atoms with Gasteiger partial charge in [-0.05, 0) is 6.42 Å². The molecule has 2 heteroatoms. The molecule has 0 heterocycles. The summed E-state index contributed by atoms with van der Waals surface area (Å²) in [6, 6.07) is 0.215. The van der Waals surface area contributed by atoms with Gasteiger partial charge in [0, 0.05) is 6.04 Å². The maximum Gasteiger partial charge on any atom is 0.0221 e. The summed E-state index contributed by atoms with van der Waals surface area (Å²) < 4.78 is 0. The minimum atomic E-state index is 0. The van der Waals surface area contributed by atoms with E-state index >= 15 is 0 Å². The predicted octanol–water partition coefficient (Wildman–Crippen LogP) is 7.18. The fourth-order valence-corrected chi connectivity index (χ4v) is 2.87. The molecule has 22 heavy (non-hydrogen) atoms. The highest BCUT2D eigenvalue weighted by molar-refractivity contribution is 5.85. The molecule has 0 aromatic heterocycles. The molecule has 0 aliphatic heterocycles. The summed E-state index contributed by atoms with van der Waals surface area (Å²) in [5.41, 5.74) is 5.81. The number of hydrogen-bond donors (Lipinski definition) is 1. The first-order chi connectivity index (χ1) is 10.3. The van der Waals surface area contributed by atoms with Crippen molar-refractivity contribution in [3.63, 3.8) is 0 Å². The van der Waals surface area contributed by atoms with Crippen LogP contribution < -0.4 is 5.73 Å². The Kier molecular flexibility index (Phi) is 23.1. The average Bonchev–Trinajstić information content (AvgIpc) is 2.50. The van der Waals surface area contributed by atoms with Gasteiger partial charge in [0.05, 0.1) is 0 Å². The van der Waals surface area contributed by atoms with Gasteiger partial charge in [-0.25, -0.2) is 0 Å². The number of unbranched alkanes of at least 4 members (excludes halogenated alkanes) is 14. The van der Waals surface area contributed by atoms with Crippen LogP contribution in [0.2, 0.25) is 0 Å². The Morgan fingerprint density at radius 3 is 1.32 bits per heavy atom. The minimum Gasteiger partial charge on any atom is -0.324 e. The third-order valence-corrected chi connectivity index (χ3v) is 4.44. The molecule has 0 spiro atoms. The van der Waals surface area contributed by atoms with E-state index < -0.39 is 0 Å². The van der Waals surface area contributed by atoms with E-state index in [9.17, 15) is 0 Å². The lowest BCUT2D eigenvalue weighted by Gasteiger charge is -2.05. The fourth-order valence-electron chi connectivity index (χ4n) is 2.87. The number of halogens is 1.